The molecule has 120 valence electrons. The molecule has 0 saturated heterocycles. The molecule has 0 aliphatic heterocycles. The lowest BCUT2D eigenvalue weighted by Crippen LogP contribution is -2.31. The van der Waals surface area contributed by atoms with Crippen LogP contribution in [-0.4, -0.2) is 17.7 Å². The smallest absolute Gasteiger partial charge is 0.228 e. The van der Waals surface area contributed by atoms with Gasteiger partial charge < -0.3 is 10.1 Å². The summed E-state index contributed by atoms with van der Waals surface area (Å²) >= 11 is 0. The summed E-state index contributed by atoms with van der Waals surface area (Å²) in [4.78, 5) is 23.8. The van der Waals surface area contributed by atoms with Gasteiger partial charge in [-0.25, -0.2) is 0 Å². The van der Waals surface area contributed by atoms with Crippen molar-refractivity contribution in [2.45, 2.75) is 32.9 Å². The second kappa shape index (κ2) is 8.13. The minimum Gasteiger partial charge on any atom is -0.489 e. The van der Waals surface area contributed by atoms with Gasteiger partial charge in [0.15, 0.2) is 5.78 Å². The Morgan fingerprint density at radius 2 is 1.78 bits per heavy atom. The third-order valence-electron chi connectivity index (χ3n) is 3.18. The van der Waals surface area contributed by atoms with Gasteiger partial charge in [0.1, 0.15) is 12.4 Å². The van der Waals surface area contributed by atoms with Gasteiger partial charge in [-0.2, -0.15) is 0 Å². The van der Waals surface area contributed by atoms with Crippen LogP contribution in [0.4, 0.5) is 0 Å². The van der Waals surface area contributed by atoms with Crippen molar-refractivity contribution >= 4 is 11.7 Å². The van der Waals surface area contributed by atoms with Crippen molar-refractivity contribution in [2.75, 3.05) is 0 Å². The van der Waals surface area contributed by atoms with Crippen LogP contribution in [0.2, 0.25) is 0 Å². The molecule has 23 heavy (non-hydrogen) atoms. The Morgan fingerprint density at radius 1 is 1.04 bits per heavy atom. The van der Waals surface area contributed by atoms with E-state index in [1.165, 1.54) is 0 Å². The van der Waals surface area contributed by atoms with Gasteiger partial charge in [0.05, 0.1) is 6.42 Å². The van der Waals surface area contributed by atoms with Crippen LogP contribution in [-0.2, 0) is 11.4 Å². The number of ketones is 1. The average molecular weight is 311 g/mol. The molecule has 1 amide bonds. The second-order valence-corrected chi connectivity index (χ2v) is 5.62. The van der Waals surface area contributed by atoms with E-state index in [0.717, 1.165) is 5.56 Å². The van der Waals surface area contributed by atoms with Crippen molar-refractivity contribution in [3.8, 4) is 5.75 Å². The van der Waals surface area contributed by atoms with Gasteiger partial charge in [-0.3, -0.25) is 9.59 Å². The zero-order valence-corrected chi connectivity index (χ0v) is 13.4. The maximum Gasteiger partial charge on any atom is 0.228 e. The number of hydrogen-bond donors (Lipinski definition) is 1. The molecule has 0 aliphatic rings. The first-order valence-corrected chi connectivity index (χ1v) is 7.64. The van der Waals surface area contributed by atoms with Crippen molar-refractivity contribution in [1.29, 1.82) is 0 Å². The van der Waals surface area contributed by atoms with E-state index in [-0.39, 0.29) is 24.2 Å². The molecule has 4 nitrogen and oxygen atoms in total. The molecule has 0 aromatic heterocycles. The molecule has 0 unspecified atom stereocenters. The first-order valence-electron chi connectivity index (χ1n) is 7.64. The Labute approximate surface area is 136 Å². The summed E-state index contributed by atoms with van der Waals surface area (Å²) in [5.41, 5.74) is 1.54. The number of nitrogens with one attached hydrogen (secondary N) is 1. The van der Waals surface area contributed by atoms with Crippen molar-refractivity contribution in [3.05, 3.63) is 65.7 Å². The van der Waals surface area contributed by atoms with Crippen LogP contribution in [0.15, 0.2) is 54.6 Å². The van der Waals surface area contributed by atoms with Crippen molar-refractivity contribution in [3.63, 3.8) is 0 Å². The Hall–Kier alpha value is -2.62. The molecule has 0 radical (unpaired) electrons. The number of hydrogen-bond acceptors (Lipinski definition) is 3. The lowest BCUT2D eigenvalue weighted by atomic mass is 10.1. The van der Waals surface area contributed by atoms with E-state index in [0.29, 0.717) is 17.9 Å². The van der Waals surface area contributed by atoms with Crippen molar-refractivity contribution < 1.29 is 14.3 Å². The lowest BCUT2D eigenvalue weighted by molar-refractivity contribution is -0.120. The Morgan fingerprint density at radius 3 is 2.48 bits per heavy atom. The summed E-state index contributed by atoms with van der Waals surface area (Å²) in [5, 5.41) is 2.71. The largest absolute Gasteiger partial charge is 0.489 e. The van der Waals surface area contributed by atoms with Gasteiger partial charge in [0.2, 0.25) is 5.91 Å². The van der Waals surface area contributed by atoms with E-state index in [2.05, 4.69) is 5.32 Å². The predicted octanol–water partition coefficient (Wildman–Crippen LogP) is 3.36. The summed E-state index contributed by atoms with van der Waals surface area (Å²) in [6.45, 7) is 4.16. The van der Waals surface area contributed by atoms with Crippen LogP contribution in [0.3, 0.4) is 0 Å². The molecular weight excluding hydrogens is 290 g/mol. The number of ether oxygens (including phenoxy) is 1. The number of amides is 1. The third kappa shape index (κ3) is 5.58. The molecule has 0 spiro atoms. The third-order valence-corrected chi connectivity index (χ3v) is 3.18. The van der Waals surface area contributed by atoms with Gasteiger partial charge >= 0.3 is 0 Å². The molecule has 2 rings (SSSR count). The van der Waals surface area contributed by atoms with E-state index in [4.69, 9.17) is 4.74 Å². The highest BCUT2D eigenvalue weighted by Gasteiger charge is 2.13. The van der Waals surface area contributed by atoms with Gasteiger partial charge in [-0.05, 0) is 31.5 Å². The Bertz CT molecular complexity index is 665. The summed E-state index contributed by atoms with van der Waals surface area (Å²) in [6.07, 6.45) is -0.152. The summed E-state index contributed by atoms with van der Waals surface area (Å²) in [6, 6.07) is 16.8. The molecule has 2 aromatic rings. The van der Waals surface area contributed by atoms with Gasteiger partial charge in [-0.15, -0.1) is 0 Å². The SMILES string of the molecule is CC(C)NC(=O)CC(=O)c1cccc(OCc2ccccc2)c1. The molecule has 1 N–H and O–H groups in total. The standard InChI is InChI=1S/C19H21NO3/c1-14(2)20-19(22)12-18(21)16-9-6-10-17(11-16)23-13-15-7-4-3-5-8-15/h3-11,14H,12-13H2,1-2H3,(H,20,22). The number of Topliss-reactive ketones (excluding diaryl/α,β-unsaturated/α-hetero) is 1. The molecule has 0 fully saturated rings. The molecule has 4 heteroatoms. The average Bonchev–Trinajstić information content (AvgIpc) is 2.53. The van der Waals surface area contributed by atoms with Crippen LogP contribution >= 0.6 is 0 Å². The van der Waals surface area contributed by atoms with E-state index >= 15 is 0 Å². The van der Waals surface area contributed by atoms with E-state index in [9.17, 15) is 9.59 Å². The Balaban J connectivity index is 1.96. The van der Waals surface area contributed by atoms with E-state index in [1.807, 2.05) is 44.2 Å². The highest BCUT2D eigenvalue weighted by Crippen LogP contribution is 2.16. The van der Waals surface area contributed by atoms with Crippen LogP contribution in [0.1, 0.15) is 36.2 Å². The Kier molecular flexibility index (Phi) is 5.92. The quantitative estimate of drug-likeness (QED) is 0.630. The van der Waals surface area contributed by atoms with E-state index in [1.54, 1.807) is 24.3 Å². The zero-order valence-electron chi connectivity index (χ0n) is 13.4. The van der Waals surface area contributed by atoms with Crippen LogP contribution in [0.25, 0.3) is 0 Å². The lowest BCUT2D eigenvalue weighted by Gasteiger charge is -2.09. The maximum absolute atomic E-state index is 12.1. The molecule has 2 aromatic carbocycles. The normalized spacial score (nSPS) is 10.4. The van der Waals surface area contributed by atoms with Crippen LogP contribution < -0.4 is 10.1 Å². The second-order valence-electron chi connectivity index (χ2n) is 5.62. The summed E-state index contributed by atoms with van der Waals surface area (Å²) < 4.78 is 5.70. The topological polar surface area (TPSA) is 55.4 Å². The maximum atomic E-state index is 12.1. The predicted molar refractivity (Wildman–Crippen MR) is 89.4 cm³/mol. The minimum absolute atomic E-state index is 0.0239. The van der Waals surface area contributed by atoms with Gasteiger partial charge in [0.25, 0.3) is 0 Å². The molecule has 0 heterocycles. The highest BCUT2D eigenvalue weighted by molar-refractivity contribution is 6.07. The molecule has 0 bridgehead atoms. The fraction of sp³-hybridized carbons (Fsp3) is 0.263. The first-order chi connectivity index (χ1) is 11.0. The van der Waals surface area contributed by atoms with Crippen LogP contribution in [0.5, 0.6) is 5.75 Å². The fourth-order valence-corrected chi connectivity index (χ4v) is 2.12. The van der Waals surface area contributed by atoms with Crippen molar-refractivity contribution in [2.24, 2.45) is 0 Å². The molecule has 0 atom stereocenters. The first kappa shape index (κ1) is 16.7. The number of carbonyl (C=O) groups is 2. The fourth-order valence-electron chi connectivity index (χ4n) is 2.12. The van der Waals surface area contributed by atoms with Gasteiger partial charge in [-0.1, -0.05) is 42.5 Å². The highest BCUT2D eigenvalue weighted by atomic mass is 16.5. The summed E-state index contributed by atoms with van der Waals surface area (Å²) in [7, 11) is 0. The van der Waals surface area contributed by atoms with Crippen molar-refractivity contribution in [1.82, 2.24) is 5.32 Å². The summed E-state index contributed by atoms with van der Waals surface area (Å²) in [5.74, 6) is 0.137. The zero-order chi connectivity index (χ0) is 16.7. The minimum atomic E-state index is -0.263. The monoisotopic (exact) mass is 311 g/mol. The molecular formula is C19H21NO3. The number of carbonyl (C=O) groups excluding carboxylic acids is 2. The molecule has 0 saturated carbocycles. The van der Waals surface area contributed by atoms with Crippen LogP contribution in [0, 0.1) is 0 Å². The number of benzene rings is 2. The number of rotatable bonds is 7. The van der Waals surface area contributed by atoms with Gasteiger partial charge in [0, 0.05) is 11.6 Å². The van der Waals surface area contributed by atoms with E-state index < -0.39 is 0 Å². The molecule has 0 aliphatic carbocycles.